The zero-order valence-electron chi connectivity index (χ0n) is 9.96. The van der Waals surface area contributed by atoms with Crippen LogP contribution < -0.4 is 0 Å². The molecule has 2 aromatic rings. The van der Waals surface area contributed by atoms with E-state index in [4.69, 9.17) is 0 Å². The number of nitrogens with zero attached hydrogens (tertiary/aromatic N) is 2. The fourth-order valence-corrected chi connectivity index (χ4v) is 5.90. The molecule has 0 aliphatic carbocycles. The number of rotatable bonds is 2. The molecular formula is C12H8N2O4S2. The third-order valence-corrected chi connectivity index (χ3v) is 6.66. The molecule has 8 heteroatoms. The number of sulfonamides is 1. The second-order valence-corrected chi connectivity index (χ2v) is 7.50. The molecule has 0 aromatic heterocycles. The van der Waals surface area contributed by atoms with Crippen molar-refractivity contribution in [1.82, 2.24) is 0 Å². The first-order valence-corrected chi connectivity index (χ1v) is 8.17. The van der Waals surface area contributed by atoms with Crippen LogP contribution in [0.15, 0.2) is 67.0 Å². The van der Waals surface area contributed by atoms with Crippen LogP contribution >= 0.6 is 0 Å². The van der Waals surface area contributed by atoms with E-state index in [0.717, 1.165) is 11.0 Å². The van der Waals surface area contributed by atoms with E-state index in [1.165, 1.54) is 12.1 Å². The zero-order valence-corrected chi connectivity index (χ0v) is 11.6. The summed E-state index contributed by atoms with van der Waals surface area (Å²) in [6.07, 6.45) is 0. The first kappa shape index (κ1) is 12.9. The second kappa shape index (κ2) is 4.50. The number of nitro benzene ring substituents is 1. The number of nitro groups is 1. The van der Waals surface area contributed by atoms with Crippen LogP contribution in [0.2, 0.25) is 0 Å². The van der Waals surface area contributed by atoms with E-state index in [-0.39, 0.29) is 10.6 Å². The molecule has 0 amide bonds. The molecule has 0 saturated heterocycles. The topological polar surface area (TPSA) is 89.6 Å². The van der Waals surface area contributed by atoms with Crippen LogP contribution in [-0.4, -0.2) is 13.3 Å². The van der Waals surface area contributed by atoms with Gasteiger partial charge < -0.3 is 0 Å². The second-order valence-electron chi connectivity index (χ2n) is 4.04. The summed E-state index contributed by atoms with van der Waals surface area (Å²) >= 11 is 0. The van der Waals surface area contributed by atoms with E-state index < -0.39 is 25.6 Å². The van der Waals surface area contributed by atoms with Crippen molar-refractivity contribution >= 4 is 26.4 Å². The Balaban J connectivity index is 2.23. The summed E-state index contributed by atoms with van der Waals surface area (Å²) in [7, 11) is -4.77. The molecule has 1 atom stereocenters. The Bertz CT molecular complexity index is 845. The van der Waals surface area contributed by atoms with Crippen molar-refractivity contribution in [3.63, 3.8) is 0 Å². The van der Waals surface area contributed by atoms with Gasteiger partial charge in [0.25, 0.3) is 15.7 Å². The minimum Gasteiger partial charge on any atom is -0.258 e. The maximum Gasteiger partial charge on any atom is 0.289 e. The smallest absolute Gasteiger partial charge is 0.258 e. The minimum atomic E-state index is -3.83. The van der Waals surface area contributed by atoms with Crippen LogP contribution in [0.1, 0.15) is 0 Å². The lowest BCUT2D eigenvalue weighted by Crippen LogP contribution is -1.96. The molecule has 0 spiro atoms. The molecule has 2 aromatic carbocycles. The predicted octanol–water partition coefficient (Wildman–Crippen LogP) is 2.52. The number of hydrogen-bond acceptors (Lipinski definition) is 4. The molecule has 3 rings (SSSR count). The molecule has 20 heavy (non-hydrogen) atoms. The van der Waals surface area contributed by atoms with Gasteiger partial charge in [-0.15, -0.1) is 3.77 Å². The Morgan fingerprint density at radius 2 is 1.80 bits per heavy atom. The van der Waals surface area contributed by atoms with Crippen molar-refractivity contribution in [2.75, 3.05) is 0 Å². The van der Waals surface area contributed by atoms with Crippen LogP contribution in [0.5, 0.6) is 0 Å². The van der Waals surface area contributed by atoms with E-state index in [1.807, 2.05) is 6.07 Å². The number of benzene rings is 2. The van der Waals surface area contributed by atoms with Gasteiger partial charge in [-0.1, -0.05) is 18.2 Å². The Kier molecular flexibility index (Phi) is 2.91. The van der Waals surface area contributed by atoms with Crippen LogP contribution in [0.4, 0.5) is 5.69 Å². The van der Waals surface area contributed by atoms with Crippen molar-refractivity contribution in [2.45, 2.75) is 14.7 Å². The molecule has 102 valence electrons. The molecule has 0 fully saturated rings. The molecule has 6 nitrogen and oxygen atoms in total. The third kappa shape index (κ3) is 2.02. The normalized spacial score (nSPS) is 19.1. The molecule has 1 heterocycles. The Hall–Kier alpha value is -2.06. The van der Waals surface area contributed by atoms with E-state index in [0.29, 0.717) is 4.90 Å². The average Bonchev–Trinajstić information content (AvgIpc) is 2.71. The van der Waals surface area contributed by atoms with Gasteiger partial charge in [0, 0.05) is 21.9 Å². The lowest BCUT2D eigenvalue weighted by atomic mass is 10.3. The number of hydrogen-bond donors (Lipinski definition) is 0. The molecule has 1 aliphatic rings. The monoisotopic (exact) mass is 308 g/mol. The zero-order chi connectivity index (χ0) is 14.3. The molecule has 0 saturated carbocycles. The van der Waals surface area contributed by atoms with E-state index >= 15 is 0 Å². The van der Waals surface area contributed by atoms with Gasteiger partial charge in [-0.3, -0.25) is 10.1 Å². The summed E-state index contributed by atoms with van der Waals surface area (Å²) in [5.74, 6) is 0. The quantitative estimate of drug-likeness (QED) is 0.629. The van der Waals surface area contributed by atoms with Crippen molar-refractivity contribution in [3.8, 4) is 0 Å². The van der Waals surface area contributed by atoms with Gasteiger partial charge in [-0.25, -0.2) is 0 Å². The SMILES string of the molecule is O=[N+]([O-])c1ccc2c(c1)S(=O)(=O)N=S2c1ccccc1. The first-order valence-electron chi connectivity index (χ1n) is 5.55. The highest BCUT2D eigenvalue weighted by Gasteiger charge is 2.30. The molecule has 0 N–H and O–H groups in total. The van der Waals surface area contributed by atoms with Crippen LogP contribution in [0.3, 0.4) is 0 Å². The molecular weight excluding hydrogens is 300 g/mol. The highest BCUT2D eigenvalue weighted by molar-refractivity contribution is 8.02. The lowest BCUT2D eigenvalue weighted by Gasteiger charge is -2.02. The highest BCUT2D eigenvalue weighted by Crippen LogP contribution is 2.36. The lowest BCUT2D eigenvalue weighted by molar-refractivity contribution is -0.385. The van der Waals surface area contributed by atoms with Crippen molar-refractivity contribution < 1.29 is 13.3 Å². The Labute approximate surface area is 117 Å². The largest absolute Gasteiger partial charge is 0.289 e. The fourth-order valence-electron chi connectivity index (χ4n) is 1.87. The summed E-state index contributed by atoms with van der Waals surface area (Å²) < 4.78 is 27.9. The van der Waals surface area contributed by atoms with Gasteiger partial charge in [0.1, 0.15) is 4.90 Å². The van der Waals surface area contributed by atoms with Crippen LogP contribution in [-0.2, 0) is 20.7 Å². The third-order valence-electron chi connectivity index (χ3n) is 2.76. The van der Waals surface area contributed by atoms with Gasteiger partial charge in [0.05, 0.1) is 4.92 Å². The first-order chi connectivity index (χ1) is 9.49. The highest BCUT2D eigenvalue weighted by atomic mass is 32.3. The maximum atomic E-state index is 12.0. The van der Waals surface area contributed by atoms with Crippen molar-refractivity contribution in [2.24, 2.45) is 3.77 Å². The van der Waals surface area contributed by atoms with E-state index in [9.17, 15) is 18.5 Å². The van der Waals surface area contributed by atoms with Crippen molar-refractivity contribution in [3.05, 3.63) is 58.6 Å². The Morgan fingerprint density at radius 3 is 2.45 bits per heavy atom. The summed E-state index contributed by atoms with van der Waals surface area (Å²) in [5, 5.41) is 10.7. The van der Waals surface area contributed by atoms with Crippen LogP contribution in [0, 0.1) is 10.1 Å². The van der Waals surface area contributed by atoms with Gasteiger partial charge in [-0.2, -0.15) is 8.42 Å². The molecule has 1 aliphatic heterocycles. The summed E-state index contributed by atoms with van der Waals surface area (Å²) in [6.45, 7) is 0. The molecule has 0 bridgehead atoms. The van der Waals surface area contributed by atoms with Gasteiger partial charge in [0.15, 0.2) is 0 Å². The van der Waals surface area contributed by atoms with Crippen LogP contribution in [0.25, 0.3) is 0 Å². The standard InChI is InChI=1S/C12H8N2O4S2/c15-14(16)9-6-7-11-12(8-9)20(17,18)13-19(11)10-4-2-1-3-5-10/h1-8H. The Morgan fingerprint density at radius 1 is 1.10 bits per heavy atom. The predicted molar refractivity (Wildman–Crippen MR) is 73.0 cm³/mol. The number of fused-ring (bicyclic) bond motifs is 1. The minimum absolute atomic E-state index is 0.0705. The summed E-state index contributed by atoms with van der Waals surface area (Å²) in [6, 6.07) is 12.9. The van der Waals surface area contributed by atoms with Gasteiger partial charge in [-0.05, 0) is 28.9 Å². The van der Waals surface area contributed by atoms with Gasteiger partial charge in [0.2, 0.25) is 0 Å². The van der Waals surface area contributed by atoms with E-state index in [1.54, 1.807) is 24.3 Å². The van der Waals surface area contributed by atoms with Crippen molar-refractivity contribution in [1.29, 1.82) is 0 Å². The summed E-state index contributed by atoms with van der Waals surface area (Å²) in [4.78, 5) is 11.3. The average molecular weight is 308 g/mol. The maximum absolute atomic E-state index is 12.0. The van der Waals surface area contributed by atoms with E-state index in [2.05, 4.69) is 3.77 Å². The fraction of sp³-hybridized carbons (Fsp3) is 0. The van der Waals surface area contributed by atoms with Gasteiger partial charge >= 0.3 is 0 Å². The number of non-ortho nitro benzene ring substituents is 1. The molecule has 0 radical (unpaired) electrons. The molecule has 1 unspecified atom stereocenters. The summed E-state index contributed by atoms with van der Waals surface area (Å²) in [5.41, 5.74) is -0.249.